The standard InChI is InChI=1S/C27H29N3O5/c1-17-24(25(31)29-20-11-12-30(15-20)26(32)35-27(2,3)4)22-13-21(9-10-23(22)34-17)33-16-19-7-5-18(14-28)6-8-19/h5-10,13,20H,11-12,15-16H2,1-4H3,(H,29,31)/t20-/m1/s1. The maximum atomic E-state index is 13.2. The first-order valence-electron chi connectivity index (χ1n) is 11.6. The Balaban J connectivity index is 1.43. The third-order valence-electron chi connectivity index (χ3n) is 5.73. The smallest absolute Gasteiger partial charge is 0.410 e. The molecule has 0 spiro atoms. The Morgan fingerprint density at radius 1 is 1.20 bits per heavy atom. The van der Waals surface area contributed by atoms with Crippen LogP contribution < -0.4 is 10.1 Å². The number of furan rings is 1. The lowest BCUT2D eigenvalue weighted by Gasteiger charge is -2.24. The van der Waals surface area contributed by atoms with E-state index >= 15 is 0 Å². The van der Waals surface area contributed by atoms with Gasteiger partial charge in [-0.05, 0) is 70.0 Å². The van der Waals surface area contributed by atoms with E-state index in [1.165, 1.54) is 0 Å². The molecule has 2 heterocycles. The van der Waals surface area contributed by atoms with E-state index in [0.717, 1.165) is 5.56 Å². The van der Waals surface area contributed by atoms with E-state index in [1.54, 1.807) is 42.2 Å². The predicted octanol–water partition coefficient (Wildman–Crippen LogP) is 4.93. The normalized spacial score (nSPS) is 15.6. The monoisotopic (exact) mass is 475 g/mol. The Morgan fingerprint density at radius 3 is 2.63 bits per heavy atom. The van der Waals surface area contributed by atoms with Crippen molar-refractivity contribution < 1.29 is 23.5 Å². The molecule has 8 heteroatoms. The second-order valence-electron chi connectivity index (χ2n) is 9.67. The summed E-state index contributed by atoms with van der Waals surface area (Å²) in [6, 6.07) is 14.5. The van der Waals surface area contributed by atoms with Crippen LogP contribution in [0.15, 0.2) is 46.9 Å². The molecule has 2 aromatic carbocycles. The van der Waals surface area contributed by atoms with Gasteiger partial charge >= 0.3 is 6.09 Å². The van der Waals surface area contributed by atoms with Crippen molar-refractivity contribution in [3.05, 3.63) is 64.9 Å². The fourth-order valence-electron chi connectivity index (χ4n) is 4.04. The number of aryl methyl sites for hydroxylation is 1. The molecule has 1 fully saturated rings. The van der Waals surface area contributed by atoms with Crippen LogP contribution in [0.3, 0.4) is 0 Å². The number of carbonyl (C=O) groups excluding carboxylic acids is 2. The number of nitrogens with zero attached hydrogens (tertiary/aromatic N) is 2. The highest BCUT2D eigenvalue weighted by molar-refractivity contribution is 6.07. The first-order chi connectivity index (χ1) is 16.6. The van der Waals surface area contributed by atoms with Crippen molar-refractivity contribution >= 4 is 23.0 Å². The molecule has 1 aliphatic heterocycles. The van der Waals surface area contributed by atoms with Crippen LogP contribution in [-0.4, -0.2) is 41.6 Å². The van der Waals surface area contributed by atoms with Gasteiger partial charge in [-0.25, -0.2) is 4.79 Å². The van der Waals surface area contributed by atoms with Crippen molar-refractivity contribution in [1.29, 1.82) is 5.26 Å². The van der Waals surface area contributed by atoms with Crippen molar-refractivity contribution in [3.63, 3.8) is 0 Å². The van der Waals surface area contributed by atoms with Gasteiger partial charge in [0, 0.05) is 24.5 Å². The first kappa shape index (κ1) is 24.1. The van der Waals surface area contributed by atoms with Crippen LogP contribution in [0, 0.1) is 18.3 Å². The molecular weight excluding hydrogens is 446 g/mol. The SMILES string of the molecule is Cc1oc2ccc(OCc3ccc(C#N)cc3)cc2c1C(=O)N[C@@H]1CCN(C(=O)OC(C)(C)C)C1. The maximum Gasteiger partial charge on any atom is 0.410 e. The Bertz CT molecular complexity index is 1280. The lowest BCUT2D eigenvalue weighted by atomic mass is 10.1. The van der Waals surface area contributed by atoms with Crippen molar-refractivity contribution in [1.82, 2.24) is 10.2 Å². The van der Waals surface area contributed by atoms with Gasteiger partial charge < -0.3 is 24.1 Å². The summed E-state index contributed by atoms with van der Waals surface area (Å²) < 4.78 is 17.2. The third kappa shape index (κ3) is 5.75. The molecule has 182 valence electrons. The Kier molecular flexibility index (Phi) is 6.70. The molecule has 0 unspecified atom stereocenters. The predicted molar refractivity (Wildman–Crippen MR) is 130 cm³/mol. The lowest BCUT2D eigenvalue weighted by molar-refractivity contribution is 0.0290. The summed E-state index contributed by atoms with van der Waals surface area (Å²) in [5, 5.41) is 12.6. The summed E-state index contributed by atoms with van der Waals surface area (Å²) in [4.78, 5) is 27.1. The molecule has 8 nitrogen and oxygen atoms in total. The molecular formula is C27H29N3O5. The second kappa shape index (κ2) is 9.71. The summed E-state index contributed by atoms with van der Waals surface area (Å²) in [6.07, 6.45) is 0.280. The number of hydrogen-bond acceptors (Lipinski definition) is 6. The van der Waals surface area contributed by atoms with E-state index in [2.05, 4.69) is 11.4 Å². The summed E-state index contributed by atoms with van der Waals surface area (Å²) in [6.45, 7) is 8.50. The fourth-order valence-corrected chi connectivity index (χ4v) is 4.04. The molecule has 2 amide bonds. The van der Waals surface area contributed by atoms with Crippen molar-refractivity contribution in [2.75, 3.05) is 13.1 Å². The number of hydrogen-bond donors (Lipinski definition) is 1. The Morgan fingerprint density at radius 2 is 1.94 bits per heavy atom. The number of carbonyl (C=O) groups is 2. The van der Waals surface area contributed by atoms with Gasteiger partial charge in [0.1, 0.15) is 29.3 Å². The van der Waals surface area contributed by atoms with Crippen LogP contribution in [0.5, 0.6) is 5.75 Å². The molecule has 1 saturated heterocycles. The molecule has 0 bridgehead atoms. The van der Waals surface area contributed by atoms with Gasteiger partial charge in [0.25, 0.3) is 5.91 Å². The van der Waals surface area contributed by atoms with E-state index < -0.39 is 5.60 Å². The van der Waals surface area contributed by atoms with Gasteiger partial charge in [-0.3, -0.25) is 4.79 Å². The number of ether oxygens (including phenoxy) is 2. The minimum absolute atomic E-state index is 0.171. The van der Waals surface area contributed by atoms with Crippen LogP contribution >= 0.6 is 0 Å². The number of nitrogens with one attached hydrogen (secondary N) is 1. The first-order valence-corrected chi connectivity index (χ1v) is 11.6. The van der Waals surface area contributed by atoms with Crippen LogP contribution in [0.1, 0.15) is 54.4 Å². The van der Waals surface area contributed by atoms with Crippen LogP contribution in [-0.2, 0) is 11.3 Å². The highest BCUT2D eigenvalue weighted by Gasteiger charge is 2.31. The van der Waals surface area contributed by atoms with E-state index in [4.69, 9.17) is 19.2 Å². The average Bonchev–Trinajstić information content (AvgIpc) is 3.40. The fraction of sp³-hybridized carbons (Fsp3) is 0.370. The van der Waals surface area contributed by atoms with Gasteiger partial charge in [-0.1, -0.05) is 12.1 Å². The summed E-state index contributed by atoms with van der Waals surface area (Å²) in [5.74, 6) is 0.874. The Labute approximate surface area is 204 Å². The van der Waals surface area contributed by atoms with Gasteiger partial charge in [-0.15, -0.1) is 0 Å². The minimum Gasteiger partial charge on any atom is -0.489 e. The van der Waals surface area contributed by atoms with E-state index in [0.29, 0.717) is 59.7 Å². The van der Waals surface area contributed by atoms with Gasteiger partial charge in [0.15, 0.2) is 0 Å². The number of benzene rings is 2. The highest BCUT2D eigenvalue weighted by Crippen LogP contribution is 2.30. The van der Waals surface area contributed by atoms with E-state index in [9.17, 15) is 9.59 Å². The van der Waals surface area contributed by atoms with Crippen LogP contribution in [0.4, 0.5) is 4.79 Å². The van der Waals surface area contributed by atoms with Crippen LogP contribution in [0.25, 0.3) is 11.0 Å². The Hall–Kier alpha value is -3.99. The largest absolute Gasteiger partial charge is 0.489 e. The molecule has 0 aliphatic carbocycles. The van der Waals surface area contributed by atoms with Crippen molar-refractivity contribution in [3.8, 4) is 11.8 Å². The minimum atomic E-state index is -0.564. The molecule has 0 radical (unpaired) electrons. The summed E-state index contributed by atoms with van der Waals surface area (Å²) in [5.41, 5.74) is 2.02. The maximum absolute atomic E-state index is 13.2. The van der Waals surface area contributed by atoms with E-state index in [1.807, 2.05) is 32.9 Å². The quantitative estimate of drug-likeness (QED) is 0.561. The molecule has 1 aliphatic rings. The zero-order valence-electron chi connectivity index (χ0n) is 20.4. The number of rotatable bonds is 5. The molecule has 35 heavy (non-hydrogen) atoms. The lowest BCUT2D eigenvalue weighted by Crippen LogP contribution is -2.40. The summed E-state index contributed by atoms with van der Waals surface area (Å²) >= 11 is 0. The van der Waals surface area contributed by atoms with Crippen molar-refractivity contribution in [2.45, 2.75) is 52.4 Å². The number of amides is 2. The van der Waals surface area contributed by atoms with Gasteiger partial charge in [0.2, 0.25) is 0 Å². The number of nitriles is 1. The third-order valence-corrected chi connectivity index (χ3v) is 5.73. The average molecular weight is 476 g/mol. The van der Waals surface area contributed by atoms with Gasteiger partial charge in [0.05, 0.1) is 17.2 Å². The second-order valence-corrected chi connectivity index (χ2v) is 9.67. The van der Waals surface area contributed by atoms with Crippen LogP contribution in [0.2, 0.25) is 0 Å². The summed E-state index contributed by atoms with van der Waals surface area (Å²) in [7, 11) is 0. The highest BCUT2D eigenvalue weighted by atomic mass is 16.6. The number of fused-ring (bicyclic) bond motifs is 1. The molecule has 1 atom stereocenters. The number of likely N-dealkylation sites (tertiary alicyclic amines) is 1. The molecule has 1 N–H and O–H groups in total. The van der Waals surface area contributed by atoms with Gasteiger partial charge in [-0.2, -0.15) is 5.26 Å². The van der Waals surface area contributed by atoms with Crippen molar-refractivity contribution in [2.24, 2.45) is 0 Å². The topological polar surface area (TPSA) is 105 Å². The zero-order chi connectivity index (χ0) is 25.2. The molecule has 0 saturated carbocycles. The molecule has 4 rings (SSSR count). The molecule has 3 aromatic rings. The van der Waals surface area contributed by atoms with E-state index in [-0.39, 0.29) is 18.0 Å². The molecule has 1 aromatic heterocycles. The zero-order valence-corrected chi connectivity index (χ0v) is 20.4.